The Balaban J connectivity index is 3.17. The number of aryl methyl sites for hydroxylation is 1. The normalized spacial score (nSPS) is 9.67. The fourth-order valence-corrected chi connectivity index (χ4v) is 1.21. The van der Waals surface area contributed by atoms with Crippen LogP contribution in [0.5, 0.6) is 0 Å². The highest BCUT2D eigenvalue weighted by atomic mass is 127. The molecule has 1 rings (SSSR count). The van der Waals surface area contributed by atoms with Gasteiger partial charge in [-0.1, -0.05) is 17.7 Å². The van der Waals surface area contributed by atoms with E-state index in [2.05, 4.69) is 27.6 Å². The molecular weight excluding hydrogens is 248 g/mol. The first-order valence-electron chi connectivity index (χ1n) is 2.49. The van der Waals surface area contributed by atoms with E-state index < -0.39 is 0 Å². The SMILES string of the molecule is Cc1ccc(Cl)nc1I. The largest absolute Gasteiger partial charge is 0.230 e. The molecule has 1 nitrogen and oxygen atoms in total. The van der Waals surface area contributed by atoms with Gasteiger partial charge in [-0.2, -0.15) is 0 Å². The zero-order valence-electron chi connectivity index (χ0n) is 4.86. The lowest BCUT2D eigenvalue weighted by molar-refractivity contribution is 1.21. The molecular formula is C6H5ClIN. The van der Waals surface area contributed by atoms with Crippen LogP contribution in [0, 0.1) is 10.6 Å². The van der Waals surface area contributed by atoms with Crippen LogP contribution in [0.25, 0.3) is 0 Å². The molecule has 1 heterocycles. The minimum atomic E-state index is 0.560. The maximum atomic E-state index is 5.60. The summed E-state index contributed by atoms with van der Waals surface area (Å²) in [7, 11) is 0. The molecule has 0 N–H and O–H groups in total. The van der Waals surface area contributed by atoms with Crippen LogP contribution in [-0.4, -0.2) is 4.98 Å². The van der Waals surface area contributed by atoms with Gasteiger partial charge in [0.1, 0.15) is 8.85 Å². The summed E-state index contributed by atoms with van der Waals surface area (Å²) >= 11 is 7.76. The molecule has 0 unspecified atom stereocenters. The van der Waals surface area contributed by atoms with E-state index in [1.807, 2.05) is 13.0 Å². The van der Waals surface area contributed by atoms with Gasteiger partial charge in [-0.05, 0) is 41.1 Å². The summed E-state index contributed by atoms with van der Waals surface area (Å²) in [5, 5.41) is 0.560. The molecule has 9 heavy (non-hydrogen) atoms. The molecule has 1 aromatic rings. The second-order valence-electron chi connectivity index (χ2n) is 1.74. The monoisotopic (exact) mass is 253 g/mol. The molecule has 3 heteroatoms. The third kappa shape index (κ3) is 1.79. The van der Waals surface area contributed by atoms with Crippen molar-refractivity contribution in [2.45, 2.75) is 6.92 Å². The van der Waals surface area contributed by atoms with E-state index in [0.29, 0.717) is 5.15 Å². The quantitative estimate of drug-likeness (QED) is 0.512. The van der Waals surface area contributed by atoms with E-state index in [1.165, 1.54) is 5.56 Å². The van der Waals surface area contributed by atoms with Gasteiger partial charge >= 0.3 is 0 Å². The van der Waals surface area contributed by atoms with Gasteiger partial charge in [0.25, 0.3) is 0 Å². The fourth-order valence-electron chi connectivity index (χ4n) is 0.482. The van der Waals surface area contributed by atoms with E-state index >= 15 is 0 Å². The van der Waals surface area contributed by atoms with Crippen molar-refractivity contribution in [3.63, 3.8) is 0 Å². The van der Waals surface area contributed by atoms with E-state index in [1.54, 1.807) is 6.07 Å². The van der Waals surface area contributed by atoms with Crippen LogP contribution in [0.2, 0.25) is 5.15 Å². The minimum absolute atomic E-state index is 0.560. The highest BCUT2D eigenvalue weighted by Gasteiger charge is 1.93. The Morgan fingerprint density at radius 2 is 2.22 bits per heavy atom. The lowest BCUT2D eigenvalue weighted by Crippen LogP contribution is -1.84. The van der Waals surface area contributed by atoms with Crippen molar-refractivity contribution in [3.8, 4) is 0 Å². The molecule has 0 saturated heterocycles. The van der Waals surface area contributed by atoms with Crippen molar-refractivity contribution in [1.29, 1.82) is 0 Å². The Morgan fingerprint density at radius 3 is 2.67 bits per heavy atom. The van der Waals surface area contributed by atoms with Crippen molar-refractivity contribution in [1.82, 2.24) is 4.98 Å². The predicted octanol–water partition coefficient (Wildman–Crippen LogP) is 2.65. The number of hydrogen-bond acceptors (Lipinski definition) is 1. The standard InChI is InChI=1S/C6H5ClIN/c1-4-2-3-5(7)9-6(4)8/h2-3H,1H3. The smallest absolute Gasteiger partial charge is 0.130 e. The molecule has 0 aromatic carbocycles. The van der Waals surface area contributed by atoms with Gasteiger partial charge in [0.15, 0.2) is 0 Å². The highest BCUT2D eigenvalue weighted by molar-refractivity contribution is 14.1. The molecule has 0 fully saturated rings. The topological polar surface area (TPSA) is 12.9 Å². The van der Waals surface area contributed by atoms with Gasteiger partial charge in [-0.15, -0.1) is 0 Å². The molecule has 0 bridgehead atoms. The summed E-state index contributed by atoms with van der Waals surface area (Å²) in [6.45, 7) is 2.01. The van der Waals surface area contributed by atoms with Crippen LogP contribution < -0.4 is 0 Å². The third-order valence-corrected chi connectivity index (χ3v) is 2.30. The second-order valence-corrected chi connectivity index (χ2v) is 3.15. The lowest BCUT2D eigenvalue weighted by Gasteiger charge is -1.94. The van der Waals surface area contributed by atoms with E-state index in [0.717, 1.165) is 3.70 Å². The van der Waals surface area contributed by atoms with Crippen LogP contribution in [0.1, 0.15) is 5.56 Å². The minimum Gasteiger partial charge on any atom is -0.230 e. The molecule has 0 radical (unpaired) electrons. The number of nitrogens with zero attached hydrogens (tertiary/aromatic N) is 1. The number of halogens is 2. The van der Waals surface area contributed by atoms with Gasteiger partial charge in [-0.3, -0.25) is 0 Å². The molecule has 48 valence electrons. The summed E-state index contributed by atoms with van der Waals surface area (Å²) in [5.74, 6) is 0. The molecule has 0 amide bonds. The molecule has 0 aliphatic carbocycles. The summed E-state index contributed by atoms with van der Waals surface area (Å²) in [4.78, 5) is 4.03. The van der Waals surface area contributed by atoms with Gasteiger partial charge in [0.05, 0.1) is 0 Å². The summed E-state index contributed by atoms with van der Waals surface area (Å²) in [6.07, 6.45) is 0. The van der Waals surface area contributed by atoms with Gasteiger partial charge < -0.3 is 0 Å². The molecule has 0 aliphatic rings. The first-order chi connectivity index (χ1) is 4.20. The van der Waals surface area contributed by atoms with Gasteiger partial charge in [0, 0.05) is 0 Å². The fraction of sp³-hybridized carbons (Fsp3) is 0.167. The highest BCUT2D eigenvalue weighted by Crippen LogP contribution is 2.11. The molecule has 0 atom stereocenters. The van der Waals surface area contributed by atoms with E-state index in [-0.39, 0.29) is 0 Å². The first-order valence-corrected chi connectivity index (χ1v) is 3.94. The first kappa shape index (κ1) is 7.28. The van der Waals surface area contributed by atoms with E-state index in [4.69, 9.17) is 11.6 Å². The Labute approximate surface area is 72.6 Å². The Morgan fingerprint density at radius 1 is 1.56 bits per heavy atom. The predicted molar refractivity (Wildman–Crippen MR) is 46.7 cm³/mol. The Bertz CT molecular complexity index is 224. The van der Waals surface area contributed by atoms with Crippen LogP contribution in [0.3, 0.4) is 0 Å². The number of pyridine rings is 1. The van der Waals surface area contributed by atoms with Crippen molar-refractivity contribution in [2.75, 3.05) is 0 Å². The summed E-state index contributed by atoms with van der Waals surface area (Å²) < 4.78 is 0.972. The Kier molecular flexibility index (Phi) is 2.29. The molecule has 0 saturated carbocycles. The second kappa shape index (κ2) is 2.84. The van der Waals surface area contributed by atoms with Crippen molar-refractivity contribution >= 4 is 34.2 Å². The van der Waals surface area contributed by atoms with Gasteiger partial charge in [-0.25, -0.2) is 4.98 Å². The van der Waals surface area contributed by atoms with Crippen molar-refractivity contribution in [3.05, 3.63) is 26.5 Å². The number of rotatable bonds is 0. The third-order valence-electron chi connectivity index (χ3n) is 1.00. The lowest BCUT2D eigenvalue weighted by atomic mass is 10.3. The summed E-state index contributed by atoms with van der Waals surface area (Å²) in [5.41, 5.74) is 1.17. The maximum absolute atomic E-state index is 5.60. The van der Waals surface area contributed by atoms with E-state index in [9.17, 15) is 0 Å². The van der Waals surface area contributed by atoms with Crippen LogP contribution in [0.4, 0.5) is 0 Å². The van der Waals surface area contributed by atoms with Crippen molar-refractivity contribution < 1.29 is 0 Å². The van der Waals surface area contributed by atoms with Crippen LogP contribution >= 0.6 is 34.2 Å². The average molecular weight is 253 g/mol. The zero-order chi connectivity index (χ0) is 6.85. The van der Waals surface area contributed by atoms with Crippen LogP contribution in [0.15, 0.2) is 12.1 Å². The zero-order valence-corrected chi connectivity index (χ0v) is 7.77. The van der Waals surface area contributed by atoms with Crippen LogP contribution in [-0.2, 0) is 0 Å². The number of hydrogen-bond donors (Lipinski definition) is 0. The average Bonchev–Trinajstić information content (AvgIpc) is 1.80. The molecule has 1 aromatic heterocycles. The van der Waals surface area contributed by atoms with Gasteiger partial charge in [0.2, 0.25) is 0 Å². The Hall–Kier alpha value is 0.170. The molecule has 0 spiro atoms. The summed E-state index contributed by atoms with van der Waals surface area (Å²) in [6, 6.07) is 3.75. The van der Waals surface area contributed by atoms with Crippen molar-refractivity contribution in [2.24, 2.45) is 0 Å². The molecule has 0 aliphatic heterocycles. The maximum Gasteiger partial charge on any atom is 0.130 e. The number of aromatic nitrogens is 1.